The van der Waals surface area contributed by atoms with Crippen molar-refractivity contribution in [1.82, 2.24) is 29.3 Å². The number of carbonyl (C=O) groups excluding carboxylic acids is 1. The molecule has 0 spiro atoms. The van der Waals surface area contributed by atoms with Gasteiger partial charge in [0.05, 0.1) is 5.92 Å². The Balaban J connectivity index is 1.29. The van der Waals surface area contributed by atoms with Gasteiger partial charge in [0.2, 0.25) is 21.9 Å². The maximum Gasteiger partial charge on any atom is 0.282 e. The predicted octanol–water partition coefficient (Wildman–Crippen LogP) is 3.47. The number of fused-ring (bicyclic) bond motifs is 1. The minimum atomic E-state index is -3.96. The Morgan fingerprint density at radius 1 is 1.28 bits per heavy atom. The third kappa shape index (κ3) is 5.28. The van der Waals surface area contributed by atoms with E-state index in [1.165, 1.54) is 35.5 Å². The number of nitrogens with zero attached hydrogens (tertiary/aromatic N) is 5. The van der Waals surface area contributed by atoms with Crippen LogP contribution < -0.4 is 15.4 Å². The van der Waals surface area contributed by atoms with Gasteiger partial charge in [0.15, 0.2) is 0 Å². The molecule has 2 saturated carbocycles. The number of thiophene rings is 1. The summed E-state index contributed by atoms with van der Waals surface area (Å²) in [5.74, 6) is -0.358. The van der Waals surface area contributed by atoms with Crippen molar-refractivity contribution in [3.05, 3.63) is 28.5 Å². The lowest BCUT2D eigenvalue weighted by atomic mass is 9.94. The number of sulfonamides is 1. The van der Waals surface area contributed by atoms with Crippen LogP contribution in [0.2, 0.25) is 0 Å². The lowest BCUT2D eigenvalue weighted by Gasteiger charge is -2.25. The maximum atomic E-state index is 13.5. The van der Waals surface area contributed by atoms with Crippen LogP contribution in [0, 0.1) is 11.8 Å². The molecule has 0 bridgehead atoms. The Labute approximate surface area is 226 Å². The van der Waals surface area contributed by atoms with E-state index in [0.717, 1.165) is 17.7 Å². The number of rotatable bonds is 10. The first-order chi connectivity index (χ1) is 18.6. The molecule has 2 fully saturated rings. The molecule has 0 aromatic carbocycles. The van der Waals surface area contributed by atoms with E-state index in [0.29, 0.717) is 49.1 Å². The monoisotopic (exact) mass is 584 g/mol. The van der Waals surface area contributed by atoms with E-state index in [9.17, 15) is 26.4 Å². The van der Waals surface area contributed by atoms with Gasteiger partial charge in [-0.2, -0.15) is 5.10 Å². The van der Waals surface area contributed by atoms with Gasteiger partial charge in [0, 0.05) is 30.6 Å². The summed E-state index contributed by atoms with van der Waals surface area (Å²) < 4.78 is 72.4. The van der Waals surface area contributed by atoms with Crippen molar-refractivity contribution >= 4 is 44.0 Å². The average molecular weight is 585 g/mol. The molecule has 11 nitrogen and oxygen atoms in total. The molecule has 3 aromatic heterocycles. The van der Waals surface area contributed by atoms with Crippen LogP contribution in [0.15, 0.2) is 17.3 Å². The first-order valence-corrected chi connectivity index (χ1v) is 15.0. The predicted molar refractivity (Wildman–Crippen MR) is 136 cm³/mol. The third-order valence-electron chi connectivity index (χ3n) is 7.33. The molecule has 3 heterocycles. The van der Waals surface area contributed by atoms with Crippen molar-refractivity contribution in [1.29, 1.82) is 0 Å². The van der Waals surface area contributed by atoms with Crippen LogP contribution in [0.5, 0.6) is 0 Å². The second-order valence-corrected chi connectivity index (χ2v) is 13.1. The van der Waals surface area contributed by atoms with E-state index in [2.05, 4.69) is 30.7 Å². The number of carbonyl (C=O) groups is 1. The molecular formula is C23H27F3N8O3S2. The standard InChI is InChI=1S/C23H27F3N8O3S2/c1-33-18(8-16(32-33)20(25)26)29-23-31-27-10-34(23)12-4-5-17-14(6-12)19(39(36,37)28-9-11-2-3-11)22(38-17)30-21(35)13-7-15(13)24/h8,10-13,15,20,28H,2-7,9H2,1H3,(H,29,31)(H,30,35)/t12-,13-,15-/m0/s1. The topological polar surface area (TPSA) is 136 Å². The van der Waals surface area contributed by atoms with Gasteiger partial charge in [-0.05, 0) is 50.0 Å². The van der Waals surface area contributed by atoms with E-state index in [1.54, 1.807) is 4.57 Å². The van der Waals surface area contributed by atoms with Crippen molar-refractivity contribution < 1.29 is 26.4 Å². The number of aryl methyl sites for hydroxylation is 2. The highest BCUT2D eigenvalue weighted by Crippen LogP contribution is 2.45. The first-order valence-electron chi connectivity index (χ1n) is 12.7. The van der Waals surface area contributed by atoms with E-state index >= 15 is 0 Å². The van der Waals surface area contributed by atoms with Gasteiger partial charge in [-0.3, -0.25) is 14.0 Å². The van der Waals surface area contributed by atoms with Gasteiger partial charge in [0.1, 0.15) is 33.9 Å². The Bertz CT molecular complexity index is 1510. The van der Waals surface area contributed by atoms with Gasteiger partial charge in [0.25, 0.3) is 6.43 Å². The van der Waals surface area contributed by atoms with Crippen molar-refractivity contribution in [3.8, 4) is 0 Å². The lowest BCUT2D eigenvalue weighted by molar-refractivity contribution is -0.117. The van der Waals surface area contributed by atoms with Crippen LogP contribution in [0.25, 0.3) is 0 Å². The minimum Gasteiger partial charge on any atom is -0.316 e. The first kappa shape index (κ1) is 26.3. The molecule has 0 unspecified atom stereocenters. The summed E-state index contributed by atoms with van der Waals surface area (Å²) in [6.45, 7) is 0.323. The van der Waals surface area contributed by atoms with Gasteiger partial charge < -0.3 is 10.6 Å². The Kier molecular flexibility index (Phi) is 6.66. The smallest absolute Gasteiger partial charge is 0.282 e. The SMILES string of the molecule is Cn1nc(C(F)F)cc1Nc1nncn1[C@H]1CCc2sc(NC(=O)[C@H]3C[C@@H]3F)c(S(=O)(=O)NCC3CC3)c2C1. The molecular weight excluding hydrogens is 557 g/mol. The van der Waals surface area contributed by atoms with Crippen molar-refractivity contribution in [2.75, 3.05) is 17.2 Å². The molecule has 0 radical (unpaired) electrons. The largest absolute Gasteiger partial charge is 0.316 e. The molecule has 210 valence electrons. The van der Waals surface area contributed by atoms with E-state index in [1.807, 2.05) is 0 Å². The summed E-state index contributed by atoms with van der Waals surface area (Å²) >= 11 is 1.21. The van der Waals surface area contributed by atoms with Crippen molar-refractivity contribution in [3.63, 3.8) is 0 Å². The molecule has 3 aromatic rings. The zero-order valence-corrected chi connectivity index (χ0v) is 22.5. The molecule has 0 saturated heterocycles. The number of halogens is 3. The summed E-state index contributed by atoms with van der Waals surface area (Å²) in [6, 6.07) is 0.987. The number of hydrogen-bond acceptors (Lipinski definition) is 8. The number of amides is 1. The second-order valence-electron chi connectivity index (χ2n) is 10.3. The minimum absolute atomic E-state index is 0.0352. The van der Waals surface area contributed by atoms with Crippen molar-refractivity contribution in [2.45, 2.75) is 62.1 Å². The Morgan fingerprint density at radius 2 is 2.05 bits per heavy atom. The van der Waals surface area contributed by atoms with Crippen LogP contribution in [-0.4, -0.2) is 51.6 Å². The summed E-state index contributed by atoms with van der Waals surface area (Å²) in [5, 5.41) is 17.8. The van der Waals surface area contributed by atoms with Crippen LogP contribution in [0.1, 0.15) is 54.3 Å². The highest BCUT2D eigenvalue weighted by molar-refractivity contribution is 7.90. The molecule has 0 aliphatic heterocycles. The molecule has 39 heavy (non-hydrogen) atoms. The fourth-order valence-electron chi connectivity index (χ4n) is 4.83. The Morgan fingerprint density at radius 3 is 2.72 bits per heavy atom. The van der Waals surface area contributed by atoms with Crippen LogP contribution in [0.3, 0.4) is 0 Å². The number of anilines is 3. The van der Waals surface area contributed by atoms with Crippen LogP contribution in [0.4, 0.5) is 29.9 Å². The Hall–Kier alpha value is -2.98. The van der Waals surface area contributed by atoms with E-state index in [-0.39, 0.29) is 28.1 Å². The number of alkyl halides is 3. The molecule has 3 N–H and O–H groups in total. The van der Waals surface area contributed by atoms with Gasteiger partial charge in [-0.1, -0.05) is 0 Å². The maximum absolute atomic E-state index is 13.5. The molecule has 6 rings (SSSR count). The summed E-state index contributed by atoms with van der Waals surface area (Å²) in [6.07, 6.45) is 1.14. The molecule has 3 aliphatic carbocycles. The van der Waals surface area contributed by atoms with Crippen molar-refractivity contribution in [2.24, 2.45) is 18.9 Å². The lowest BCUT2D eigenvalue weighted by Crippen LogP contribution is -2.29. The zero-order chi connectivity index (χ0) is 27.5. The normalized spacial score (nSPS) is 22.6. The number of nitrogens with one attached hydrogen (secondary N) is 3. The average Bonchev–Trinajstić information content (AvgIpc) is 3.72. The van der Waals surface area contributed by atoms with Gasteiger partial charge in [-0.25, -0.2) is 26.3 Å². The summed E-state index contributed by atoms with van der Waals surface area (Å²) in [4.78, 5) is 13.4. The zero-order valence-electron chi connectivity index (χ0n) is 20.9. The molecule has 3 aliphatic rings. The van der Waals surface area contributed by atoms with E-state index in [4.69, 9.17) is 0 Å². The number of aromatic nitrogens is 5. The van der Waals surface area contributed by atoms with Gasteiger partial charge >= 0.3 is 0 Å². The molecule has 16 heteroatoms. The fourth-order valence-corrected chi connectivity index (χ4v) is 7.92. The molecule has 1 amide bonds. The summed E-state index contributed by atoms with van der Waals surface area (Å²) in [5.41, 5.74) is 0.225. The van der Waals surface area contributed by atoms with Crippen LogP contribution >= 0.6 is 11.3 Å². The van der Waals surface area contributed by atoms with Crippen LogP contribution in [-0.2, 0) is 34.7 Å². The molecule has 3 atom stereocenters. The highest BCUT2D eigenvalue weighted by Gasteiger charge is 2.45. The second kappa shape index (κ2) is 9.89. The fraction of sp³-hybridized carbons (Fsp3) is 0.565. The van der Waals surface area contributed by atoms with Gasteiger partial charge in [-0.15, -0.1) is 21.5 Å². The summed E-state index contributed by atoms with van der Waals surface area (Å²) in [7, 11) is -2.43. The number of hydrogen-bond donors (Lipinski definition) is 3. The quantitative estimate of drug-likeness (QED) is 0.332. The van der Waals surface area contributed by atoms with E-state index < -0.39 is 34.4 Å². The highest BCUT2D eigenvalue weighted by atomic mass is 32.2. The third-order valence-corrected chi connectivity index (χ3v) is 10.2.